The Bertz CT molecular complexity index is 1180. The fourth-order valence-electron chi connectivity index (χ4n) is 8.56. The van der Waals surface area contributed by atoms with Crippen molar-refractivity contribution in [3.63, 3.8) is 0 Å². The molecule has 0 aliphatic heterocycles. The maximum absolute atomic E-state index is 14.7. The highest BCUT2D eigenvalue weighted by Crippen LogP contribution is 2.75. The molecular formula is C35H54O8. The lowest BCUT2D eigenvalue weighted by Crippen LogP contribution is -2.65. The van der Waals surface area contributed by atoms with Crippen LogP contribution in [-0.2, 0) is 23.9 Å². The highest BCUT2D eigenvalue weighted by molar-refractivity contribution is 5.96. The van der Waals surface area contributed by atoms with Crippen LogP contribution in [0.4, 0.5) is 0 Å². The summed E-state index contributed by atoms with van der Waals surface area (Å²) in [5.41, 5.74) is -5.62. The van der Waals surface area contributed by atoms with Crippen LogP contribution in [0.25, 0.3) is 0 Å². The van der Waals surface area contributed by atoms with Crippen LogP contribution in [0.1, 0.15) is 113 Å². The van der Waals surface area contributed by atoms with E-state index in [-0.39, 0.29) is 23.9 Å². The molecule has 1 spiro atoms. The Morgan fingerprint density at radius 3 is 2.23 bits per heavy atom. The minimum absolute atomic E-state index is 0.169. The lowest BCUT2D eigenvalue weighted by atomic mass is 9.59. The molecule has 2 fully saturated rings. The van der Waals surface area contributed by atoms with Gasteiger partial charge in [0.25, 0.3) is 0 Å². The monoisotopic (exact) mass is 602 g/mol. The van der Waals surface area contributed by atoms with Gasteiger partial charge in [-0.25, -0.2) is 0 Å². The van der Waals surface area contributed by atoms with Crippen LogP contribution in [0.5, 0.6) is 0 Å². The minimum Gasteiger partial charge on any atom is -0.461 e. The van der Waals surface area contributed by atoms with Gasteiger partial charge in [-0.3, -0.25) is 14.4 Å². The Labute approximate surface area is 257 Å². The maximum Gasteiger partial charge on any atom is 0.311 e. The molecule has 2 saturated carbocycles. The topological polar surface area (TPSA) is 130 Å². The summed E-state index contributed by atoms with van der Waals surface area (Å²) in [5, 5.41) is 35.4. The van der Waals surface area contributed by atoms with Gasteiger partial charge in [0.15, 0.2) is 5.78 Å². The molecule has 4 aliphatic rings. The number of ketones is 1. The number of allylic oxidation sites excluding steroid dienone is 1. The zero-order valence-corrected chi connectivity index (χ0v) is 27.5. The number of unbranched alkanes of at least 4 members (excludes halogenated alkanes) is 6. The molecule has 0 amide bonds. The molecule has 2 bridgehead atoms. The van der Waals surface area contributed by atoms with Gasteiger partial charge in [0.2, 0.25) is 0 Å². The van der Waals surface area contributed by atoms with E-state index in [9.17, 15) is 29.7 Å². The van der Waals surface area contributed by atoms with Crippen LogP contribution in [-0.4, -0.2) is 63.1 Å². The van der Waals surface area contributed by atoms with E-state index in [4.69, 9.17) is 9.47 Å². The third kappa shape index (κ3) is 5.23. The summed E-state index contributed by atoms with van der Waals surface area (Å²) in [6.07, 6.45) is 8.30. The smallest absolute Gasteiger partial charge is 0.311 e. The Hall–Kier alpha value is -2.03. The summed E-state index contributed by atoms with van der Waals surface area (Å²) >= 11 is 0. The number of Topliss-reactive ketones (excluding diaryl/α,β-unsaturated/α-hetero) is 1. The molecule has 242 valence electrons. The maximum atomic E-state index is 14.7. The van der Waals surface area contributed by atoms with Crippen molar-refractivity contribution in [1.29, 1.82) is 0 Å². The van der Waals surface area contributed by atoms with E-state index in [0.29, 0.717) is 18.4 Å². The van der Waals surface area contributed by atoms with E-state index in [1.54, 1.807) is 39.8 Å². The summed E-state index contributed by atoms with van der Waals surface area (Å²) in [6.45, 7) is 14.5. The number of aliphatic hydroxyl groups excluding tert-OH is 2. The van der Waals surface area contributed by atoms with Crippen LogP contribution in [0.3, 0.4) is 0 Å². The van der Waals surface area contributed by atoms with Crippen molar-refractivity contribution in [3.8, 4) is 0 Å². The molecular weight excluding hydrogens is 548 g/mol. The normalized spacial score (nSPS) is 37.7. The van der Waals surface area contributed by atoms with Gasteiger partial charge in [-0.2, -0.15) is 0 Å². The number of esters is 2. The first kappa shape index (κ1) is 33.9. The molecule has 4 rings (SSSR count). The fraction of sp³-hybridized carbons (Fsp3) is 0.800. The summed E-state index contributed by atoms with van der Waals surface area (Å²) in [6, 6.07) is 0. The highest BCUT2D eigenvalue weighted by atomic mass is 16.6. The van der Waals surface area contributed by atoms with Gasteiger partial charge >= 0.3 is 11.9 Å². The molecule has 43 heavy (non-hydrogen) atoms. The molecule has 0 radical (unpaired) electrons. The van der Waals surface area contributed by atoms with Gasteiger partial charge in [-0.1, -0.05) is 78.4 Å². The number of rotatable bonds is 11. The highest BCUT2D eigenvalue weighted by Gasteiger charge is 2.83. The molecule has 0 aromatic rings. The molecule has 8 heteroatoms. The Morgan fingerprint density at radius 2 is 1.63 bits per heavy atom. The summed E-state index contributed by atoms with van der Waals surface area (Å²) in [4.78, 5) is 40.7. The minimum atomic E-state index is -2.27. The Morgan fingerprint density at radius 1 is 1.02 bits per heavy atom. The number of fused-ring (bicyclic) bond motifs is 3. The van der Waals surface area contributed by atoms with Gasteiger partial charge in [0.1, 0.15) is 30.0 Å². The van der Waals surface area contributed by atoms with Crippen LogP contribution < -0.4 is 0 Å². The standard InChI is InChI=1S/C35H54O8/c1-9-10-11-12-13-14-15-16-25(36)43-34-19-22(3)33-18-21(2)27(37)35(33,41)28(38)23(20-42-30(40)31(4,5)6)17-24(29(33)39)26(34)32(34,7)8/h17-18,22,24,26-28,37-38,41H,9-16,19-20H2,1-8H3/t22-,24+,26-,27+,28-,33+,34+,35-/m1/s1. The summed E-state index contributed by atoms with van der Waals surface area (Å²) < 4.78 is 11.9. The van der Waals surface area contributed by atoms with Crippen molar-refractivity contribution in [3.05, 3.63) is 23.3 Å². The summed E-state index contributed by atoms with van der Waals surface area (Å²) in [7, 11) is 0. The zero-order valence-electron chi connectivity index (χ0n) is 27.5. The van der Waals surface area contributed by atoms with E-state index in [1.165, 1.54) is 25.7 Å². The van der Waals surface area contributed by atoms with E-state index in [2.05, 4.69) is 6.92 Å². The number of ether oxygens (including phenoxy) is 2. The van der Waals surface area contributed by atoms with Crippen molar-refractivity contribution >= 4 is 17.7 Å². The zero-order chi connectivity index (χ0) is 32.2. The second-order valence-corrected chi connectivity index (χ2v) is 15.4. The second-order valence-electron chi connectivity index (χ2n) is 15.4. The predicted octanol–water partition coefficient (Wildman–Crippen LogP) is 5.22. The molecule has 4 aliphatic carbocycles. The van der Waals surface area contributed by atoms with Gasteiger partial charge in [0, 0.05) is 23.7 Å². The average molecular weight is 603 g/mol. The molecule has 0 unspecified atom stereocenters. The van der Waals surface area contributed by atoms with Crippen LogP contribution >= 0.6 is 0 Å². The third-order valence-corrected chi connectivity index (χ3v) is 11.1. The first-order valence-corrected chi connectivity index (χ1v) is 16.3. The quantitative estimate of drug-likeness (QED) is 0.167. The van der Waals surface area contributed by atoms with Gasteiger partial charge < -0.3 is 24.8 Å². The second kappa shape index (κ2) is 11.7. The Kier molecular flexibility index (Phi) is 9.23. The predicted molar refractivity (Wildman–Crippen MR) is 163 cm³/mol. The Balaban J connectivity index is 1.67. The molecule has 0 saturated heterocycles. The van der Waals surface area contributed by atoms with Crippen LogP contribution in [0, 0.1) is 34.0 Å². The molecule has 8 nitrogen and oxygen atoms in total. The fourth-order valence-corrected chi connectivity index (χ4v) is 8.56. The third-order valence-electron chi connectivity index (χ3n) is 11.1. The largest absolute Gasteiger partial charge is 0.461 e. The number of hydrogen-bond acceptors (Lipinski definition) is 8. The van der Waals surface area contributed by atoms with Crippen LogP contribution in [0.15, 0.2) is 23.3 Å². The summed E-state index contributed by atoms with van der Waals surface area (Å²) in [5.74, 6) is -2.89. The number of carbonyl (C=O) groups is 3. The average Bonchev–Trinajstić information content (AvgIpc) is 3.33. The first-order chi connectivity index (χ1) is 19.9. The van der Waals surface area contributed by atoms with E-state index in [1.807, 2.05) is 20.8 Å². The molecule has 0 aromatic carbocycles. The van der Waals surface area contributed by atoms with Crippen LogP contribution in [0.2, 0.25) is 0 Å². The van der Waals surface area contributed by atoms with E-state index < -0.39 is 63.4 Å². The van der Waals surface area contributed by atoms with Crippen molar-refractivity contribution < 1.29 is 39.2 Å². The van der Waals surface area contributed by atoms with Crippen molar-refractivity contribution in [2.45, 2.75) is 137 Å². The van der Waals surface area contributed by atoms with Gasteiger partial charge in [-0.05, 0) is 57.6 Å². The van der Waals surface area contributed by atoms with E-state index in [0.717, 1.165) is 19.3 Å². The first-order valence-electron chi connectivity index (χ1n) is 16.3. The SMILES string of the molecule is CCCCCCCCCC(=O)O[C@@]12C[C@@H](C)[C@]34C=C(C)[C@H](O)[C@@]3(O)[C@H](O)C(COC(=O)C(C)(C)C)=C[C@H](C4=O)[C@@H]1C2(C)C. The molecule has 3 N–H and O–H groups in total. The number of aliphatic hydroxyl groups is 3. The van der Waals surface area contributed by atoms with Gasteiger partial charge in [-0.15, -0.1) is 0 Å². The van der Waals surface area contributed by atoms with Crippen molar-refractivity contribution in [1.82, 2.24) is 0 Å². The lowest BCUT2D eigenvalue weighted by molar-refractivity contribution is -0.192. The number of carbonyl (C=O) groups excluding carboxylic acids is 3. The number of hydrogen-bond donors (Lipinski definition) is 3. The van der Waals surface area contributed by atoms with Crippen molar-refractivity contribution in [2.24, 2.45) is 34.0 Å². The van der Waals surface area contributed by atoms with E-state index >= 15 is 0 Å². The van der Waals surface area contributed by atoms with Crippen molar-refractivity contribution in [2.75, 3.05) is 6.61 Å². The lowest BCUT2D eigenvalue weighted by Gasteiger charge is -2.48. The molecule has 8 atom stereocenters. The molecule has 0 aromatic heterocycles. The molecule has 0 heterocycles. The van der Waals surface area contributed by atoms with Gasteiger partial charge in [0.05, 0.1) is 10.8 Å².